The van der Waals surface area contributed by atoms with Crippen LogP contribution in [0.2, 0.25) is 0 Å². The summed E-state index contributed by atoms with van der Waals surface area (Å²) < 4.78 is 14.2. The Kier molecular flexibility index (Phi) is 2.74. The third kappa shape index (κ3) is 2.30. The SMILES string of the molecule is CCOC(=O)Oc1coc(C)c1. The molecule has 1 rings (SSSR count). The van der Waals surface area contributed by atoms with Crippen molar-refractivity contribution in [1.29, 1.82) is 0 Å². The highest BCUT2D eigenvalue weighted by molar-refractivity contribution is 5.63. The summed E-state index contributed by atoms with van der Waals surface area (Å²) >= 11 is 0. The van der Waals surface area contributed by atoms with Crippen LogP contribution in [0.15, 0.2) is 16.7 Å². The number of hydrogen-bond acceptors (Lipinski definition) is 4. The lowest BCUT2D eigenvalue weighted by Gasteiger charge is -1.99. The van der Waals surface area contributed by atoms with Gasteiger partial charge >= 0.3 is 6.16 Å². The zero-order chi connectivity index (χ0) is 8.97. The summed E-state index contributed by atoms with van der Waals surface area (Å²) in [6.45, 7) is 3.77. The Bertz CT molecular complexity index is 264. The minimum Gasteiger partial charge on any atom is -0.466 e. The van der Waals surface area contributed by atoms with Gasteiger partial charge in [-0.2, -0.15) is 0 Å². The van der Waals surface area contributed by atoms with Gasteiger partial charge in [0.15, 0.2) is 5.75 Å². The quantitative estimate of drug-likeness (QED) is 0.638. The molecule has 12 heavy (non-hydrogen) atoms. The molecule has 0 unspecified atom stereocenters. The van der Waals surface area contributed by atoms with Gasteiger partial charge < -0.3 is 13.9 Å². The molecule has 1 aromatic heterocycles. The second-order valence-corrected chi connectivity index (χ2v) is 2.18. The Labute approximate surface area is 70.1 Å². The molecule has 4 nitrogen and oxygen atoms in total. The maximum Gasteiger partial charge on any atom is 0.513 e. The van der Waals surface area contributed by atoms with E-state index in [0.29, 0.717) is 18.1 Å². The molecule has 0 spiro atoms. The van der Waals surface area contributed by atoms with E-state index < -0.39 is 6.16 Å². The molecule has 0 N–H and O–H groups in total. The van der Waals surface area contributed by atoms with Crippen LogP contribution in [0, 0.1) is 6.92 Å². The van der Waals surface area contributed by atoms with Gasteiger partial charge in [0.25, 0.3) is 0 Å². The molecule has 1 aromatic rings. The van der Waals surface area contributed by atoms with E-state index in [1.54, 1.807) is 19.9 Å². The van der Waals surface area contributed by atoms with E-state index in [-0.39, 0.29) is 0 Å². The molecule has 1 heterocycles. The molecule has 0 amide bonds. The zero-order valence-electron chi connectivity index (χ0n) is 6.99. The highest BCUT2D eigenvalue weighted by Gasteiger charge is 2.06. The van der Waals surface area contributed by atoms with E-state index in [0.717, 1.165) is 0 Å². The lowest BCUT2D eigenvalue weighted by Crippen LogP contribution is -2.09. The summed E-state index contributed by atoms with van der Waals surface area (Å²) in [6.07, 6.45) is 0.644. The average molecular weight is 170 g/mol. The van der Waals surface area contributed by atoms with Crippen LogP contribution in [0.3, 0.4) is 0 Å². The first-order chi connectivity index (χ1) is 5.72. The van der Waals surface area contributed by atoms with Gasteiger partial charge in [-0.15, -0.1) is 0 Å². The fourth-order valence-electron chi connectivity index (χ4n) is 0.716. The van der Waals surface area contributed by atoms with Gasteiger partial charge in [-0.1, -0.05) is 0 Å². The fraction of sp³-hybridized carbons (Fsp3) is 0.375. The summed E-state index contributed by atoms with van der Waals surface area (Å²) in [5.74, 6) is 1.06. The molecule has 0 bridgehead atoms. The molecular weight excluding hydrogens is 160 g/mol. The van der Waals surface area contributed by atoms with Gasteiger partial charge in [0, 0.05) is 6.07 Å². The third-order valence-corrected chi connectivity index (χ3v) is 1.17. The maximum absolute atomic E-state index is 10.7. The molecule has 0 fully saturated rings. The molecule has 0 saturated carbocycles. The van der Waals surface area contributed by atoms with Crippen molar-refractivity contribution in [3.63, 3.8) is 0 Å². The summed E-state index contributed by atoms with van der Waals surface area (Å²) in [5, 5.41) is 0. The van der Waals surface area contributed by atoms with Crippen molar-refractivity contribution >= 4 is 6.16 Å². The van der Waals surface area contributed by atoms with Crippen molar-refractivity contribution in [2.24, 2.45) is 0 Å². The Balaban J connectivity index is 2.46. The van der Waals surface area contributed by atoms with E-state index in [4.69, 9.17) is 9.15 Å². The Morgan fingerprint density at radius 1 is 1.67 bits per heavy atom. The number of carbonyl (C=O) groups is 1. The van der Waals surface area contributed by atoms with E-state index in [2.05, 4.69) is 4.74 Å². The first-order valence-corrected chi connectivity index (χ1v) is 3.62. The van der Waals surface area contributed by atoms with Crippen molar-refractivity contribution in [1.82, 2.24) is 0 Å². The van der Waals surface area contributed by atoms with Gasteiger partial charge in [-0.05, 0) is 13.8 Å². The van der Waals surface area contributed by atoms with E-state index >= 15 is 0 Å². The zero-order valence-corrected chi connectivity index (χ0v) is 6.99. The number of ether oxygens (including phenoxy) is 2. The van der Waals surface area contributed by atoms with Gasteiger partial charge in [-0.25, -0.2) is 4.79 Å². The van der Waals surface area contributed by atoms with Crippen LogP contribution in [-0.4, -0.2) is 12.8 Å². The first kappa shape index (κ1) is 8.64. The van der Waals surface area contributed by atoms with Crippen molar-refractivity contribution in [2.45, 2.75) is 13.8 Å². The highest BCUT2D eigenvalue weighted by atomic mass is 16.7. The molecule has 0 atom stereocenters. The van der Waals surface area contributed by atoms with Gasteiger partial charge in [0.2, 0.25) is 0 Å². The van der Waals surface area contributed by atoms with E-state index in [1.807, 2.05) is 0 Å². The molecule has 66 valence electrons. The number of rotatable bonds is 2. The van der Waals surface area contributed by atoms with E-state index in [9.17, 15) is 4.79 Å². The summed E-state index contributed by atoms with van der Waals surface area (Å²) in [6, 6.07) is 1.61. The third-order valence-electron chi connectivity index (χ3n) is 1.17. The predicted molar refractivity (Wildman–Crippen MR) is 41.1 cm³/mol. The lowest BCUT2D eigenvalue weighted by molar-refractivity contribution is 0.104. The summed E-state index contributed by atoms with van der Waals surface area (Å²) in [5.41, 5.74) is 0. The van der Waals surface area contributed by atoms with Crippen LogP contribution >= 0.6 is 0 Å². The minimum atomic E-state index is -0.710. The number of aryl methyl sites for hydroxylation is 1. The molecule has 0 radical (unpaired) electrons. The number of carbonyl (C=O) groups excluding carboxylic acids is 1. The van der Waals surface area contributed by atoms with Crippen LogP contribution in [0.5, 0.6) is 5.75 Å². The standard InChI is InChI=1S/C8H10O4/c1-3-10-8(9)12-7-4-6(2)11-5-7/h4-5H,3H2,1-2H3. The monoisotopic (exact) mass is 170 g/mol. The molecule has 0 aromatic carbocycles. The summed E-state index contributed by atoms with van der Waals surface area (Å²) in [7, 11) is 0. The Morgan fingerprint density at radius 2 is 2.42 bits per heavy atom. The normalized spacial score (nSPS) is 9.50. The van der Waals surface area contributed by atoms with Gasteiger partial charge in [0.1, 0.15) is 12.0 Å². The van der Waals surface area contributed by atoms with Crippen LogP contribution < -0.4 is 4.74 Å². The van der Waals surface area contributed by atoms with Crippen LogP contribution in [-0.2, 0) is 4.74 Å². The van der Waals surface area contributed by atoms with Crippen molar-refractivity contribution in [2.75, 3.05) is 6.61 Å². The Hall–Kier alpha value is -1.45. The smallest absolute Gasteiger partial charge is 0.466 e. The van der Waals surface area contributed by atoms with Gasteiger partial charge in [-0.3, -0.25) is 0 Å². The lowest BCUT2D eigenvalue weighted by atomic mass is 10.5. The number of hydrogen-bond donors (Lipinski definition) is 0. The van der Waals surface area contributed by atoms with E-state index in [1.165, 1.54) is 6.26 Å². The van der Waals surface area contributed by atoms with Gasteiger partial charge in [0.05, 0.1) is 6.61 Å². The van der Waals surface area contributed by atoms with Crippen LogP contribution in [0.1, 0.15) is 12.7 Å². The Morgan fingerprint density at radius 3 is 2.92 bits per heavy atom. The molecule has 0 aliphatic heterocycles. The average Bonchev–Trinajstić information content (AvgIpc) is 2.36. The molecule has 4 heteroatoms. The molecule has 0 saturated heterocycles. The van der Waals surface area contributed by atoms with Crippen molar-refractivity contribution < 1.29 is 18.7 Å². The molecule has 0 aliphatic rings. The largest absolute Gasteiger partial charge is 0.513 e. The topological polar surface area (TPSA) is 48.7 Å². The second kappa shape index (κ2) is 3.80. The number of furan rings is 1. The highest BCUT2D eigenvalue weighted by Crippen LogP contribution is 2.14. The second-order valence-electron chi connectivity index (χ2n) is 2.18. The predicted octanol–water partition coefficient (Wildman–Crippen LogP) is 2.12. The van der Waals surface area contributed by atoms with Crippen molar-refractivity contribution in [3.8, 4) is 5.75 Å². The van der Waals surface area contributed by atoms with Crippen LogP contribution in [0.25, 0.3) is 0 Å². The van der Waals surface area contributed by atoms with Crippen molar-refractivity contribution in [3.05, 3.63) is 18.1 Å². The maximum atomic E-state index is 10.7. The molecule has 0 aliphatic carbocycles. The molecular formula is C8H10O4. The van der Waals surface area contributed by atoms with Crippen LogP contribution in [0.4, 0.5) is 4.79 Å². The fourth-order valence-corrected chi connectivity index (χ4v) is 0.716. The summed E-state index contributed by atoms with van der Waals surface area (Å²) in [4.78, 5) is 10.7. The first-order valence-electron chi connectivity index (χ1n) is 3.62. The minimum absolute atomic E-state index is 0.301.